The molecule has 1 aliphatic rings. The third kappa shape index (κ3) is 3.54. The molecule has 0 radical (unpaired) electrons. The number of carbonyl (C=O) groups is 1. The Morgan fingerprint density at radius 2 is 1.90 bits per heavy atom. The van der Waals surface area contributed by atoms with E-state index in [0.29, 0.717) is 15.6 Å². The van der Waals surface area contributed by atoms with Crippen LogP contribution in [0.25, 0.3) is 6.08 Å². The molecule has 2 rings (SSSR count). The van der Waals surface area contributed by atoms with E-state index in [4.69, 9.17) is 23.2 Å². The molecule has 1 aromatic carbocycles. The molecule has 0 bridgehead atoms. The van der Waals surface area contributed by atoms with Gasteiger partial charge in [0.05, 0.1) is 12.1 Å². The van der Waals surface area contributed by atoms with E-state index >= 15 is 0 Å². The molecule has 0 aliphatic heterocycles. The van der Waals surface area contributed by atoms with Crippen LogP contribution in [0.2, 0.25) is 10.0 Å². The lowest BCUT2D eigenvalue weighted by Crippen LogP contribution is -2.48. The van der Waals surface area contributed by atoms with Crippen LogP contribution in [-0.4, -0.2) is 23.2 Å². The average Bonchev–Trinajstić information content (AvgIpc) is 2.87. The number of amides is 1. The molecule has 108 valence electrons. The molecule has 20 heavy (non-hydrogen) atoms. The molecule has 0 atom stereocenters. The summed E-state index contributed by atoms with van der Waals surface area (Å²) in [6.07, 6.45) is 6.69. The maximum absolute atomic E-state index is 12.0. The first-order chi connectivity index (χ1) is 9.56. The summed E-state index contributed by atoms with van der Waals surface area (Å²) in [6.45, 7) is -0.0283. The van der Waals surface area contributed by atoms with E-state index in [1.54, 1.807) is 24.3 Å². The van der Waals surface area contributed by atoms with E-state index in [9.17, 15) is 9.90 Å². The minimum atomic E-state index is -0.467. The van der Waals surface area contributed by atoms with Gasteiger partial charge in [0.1, 0.15) is 0 Å². The standard InChI is InChI=1S/C15H17Cl2NO2/c16-12-4-3-5-13(17)11(12)6-7-14(20)18-15(10-19)8-1-2-9-15/h3-7,19H,1-2,8-10H2,(H,18,20). The largest absolute Gasteiger partial charge is 0.394 e. The molecular formula is C15H17Cl2NO2. The summed E-state index contributed by atoms with van der Waals surface area (Å²) in [5, 5.41) is 13.3. The van der Waals surface area contributed by atoms with Crippen LogP contribution in [-0.2, 0) is 4.79 Å². The first-order valence-corrected chi connectivity index (χ1v) is 7.37. The van der Waals surface area contributed by atoms with Crippen LogP contribution in [0.1, 0.15) is 31.2 Å². The number of carbonyl (C=O) groups excluding carboxylic acids is 1. The molecule has 1 amide bonds. The lowest BCUT2D eigenvalue weighted by Gasteiger charge is -2.27. The highest BCUT2D eigenvalue weighted by molar-refractivity contribution is 6.37. The van der Waals surface area contributed by atoms with Gasteiger partial charge < -0.3 is 10.4 Å². The maximum atomic E-state index is 12.0. The average molecular weight is 314 g/mol. The Kier molecular flexibility index (Phi) is 5.08. The predicted molar refractivity (Wildman–Crippen MR) is 81.9 cm³/mol. The Bertz CT molecular complexity index is 502. The summed E-state index contributed by atoms with van der Waals surface area (Å²) in [5.41, 5.74) is 0.154. The van der Waals surface area contributed by atoms with Crippen molar-refractivity contribution in [3.05, 3.63) is 39.9 Å². The summed E-state index contributed by atoms with van der Waals surface area (Å²) < 4.78 is 0. The normalized spacial score (nSPS) is 17.6. The Morgan fingerprint density at radius 3 is 2.45 bits per heavy atom. The smallest absolute Gasteiger partial charge is 0.244 e. The summed E-state index contributed by atoms with van der Waals surface area (Å²) in [6, 6.07) is 5.19. The molecule has 0 heterocycles. The van der Waals surface area contributed by atoms with E-state index in [2.05, 4.69) is 5.32 Å². The van der Waals surface area contributed by atoms with Crippen LogP contribution < -0.4 is 5.32 Å². The van der Waals surface area contributed by atoms with Gasteiger partial charge in [-0.1, -0.05) is 42.1 Å². The molecule has 1 aliphatic carbocycles. The molecule has 0 unspecified atom stereocenters. The van der Waals surface area contributed by atoms with Crippen LogP contribution >= 0.6 is 23.2 Å². The van der Waals surface area contributed by atoms with Crippen molar-refractivity contribution in [2.45, 2.75) is 31.2 Å². The van der Waals surface area contributed by atoms with Gasteiger partial charge in [0, 0.05) is 21.7 Å². The van der Waals surface area contributed by atoms with Gasteiger partial charge in [-0.25, -0.2) is 0 Å². The molecule has 2 N–H and O–H groups in total. The van der Waals surface area contributed by atoms with Crippen molar-refractivity contribution in [3.8, 4) is 0 Å². The van der Waals surface area contributed by atoms with Gasteiger partial charge in [-0.15, -0.1) is 0 Å². The van der Waals surface area contributed by atoms with Crippen LogP contribution in [0.3, 0.4) is 0 Å². The van der Waals surface area contributed by atoms with Crippen molar-refractivity contribution >= 4 is 35.2 Å². The number of hydrogen-bond donors (Lipinski definition) is 2. The van der Waals surface area contributed by atoms with Gasteiger partial charge in [0.25, 0.3) is 0 Å². The highest BCUT2D eigenvalue weighted by atomic mass is 35.5. The minimum Gasteiger partial charge on any atom is -0.394 e. The van der Waals surface area contributed by atoms with E-state index in [0.717, 1.165) is 25.7 Å². The highest BCUT2D eigenvalue weighted by Gasteiger charge is 2.33. The first kappa shape index (κ1) is 15.4. The summed E-state index contributed by atoms with van der Waals surface area (Å²) >= 11 is 12.1. The monoisotopic (exact) mass is 313 g/mol. The molecular weight excluding hydrogens is 297 g/mol. The molecule has 0 aromatic heterocycles. The quantitative estimate of drug-likeness (QED) is 0.837. The zero-order valence-electron chi connectivity index (χ0n) is 11.0. The number of aliphatic hydroxyl groups excluding tert-OH is 1. The summed E-state index contributed by atoms with van der Waals surface area (Å²) in [7, 11) is 0. The number of halogens is 2. The summed E-state index contributed by atoms with van der Waals surface area (Å²) in [4.78, 5) is 12.0. The Morgan fingerprint density at radius 1 is 1.30 bits per heavy atom. The van der Waals surface area contributed by atoms with Crippen molar-refractivity contribution in [2.24, 2.45) is 0 Å². The Hall–Kier alpha value is -1.03. The first-order valence-electron chi connectivity index (χ1n) is 6.61. The van der Waals surface area contributed by atoms with Crippen LogP contribution in [0.15, 0.2) is 24.3 Å². The summed E-state index contributed by atoms with van der Waals surface area (Å²) in [5.74, 6) is -0.239. The maximum Gasteiger partial charge on any atom is 0.244 e. The van der Waals surface area contributed by atoms with Crippen molar-refractivity contribution in [3.63, 3.8) is 0 Å². The molecule has 5 heteroatoms. The second-order valence-electron chi connectivity index (χ2n) is 5.10. The van der Waals surface area contributed by atoms with Gasteiger partial charge in [0.2, 0.25) is 5.91 Å². The second kappa shape index (κ2) is 6.61. The fourth-order valence-electron chi connectivity index (χ4n) is 2.51. The van der Waals surface area contributed by atoms with Gasteiger partial charge in [-0.3, -0.25) is 4.79 Å². The predicted octanol–water partition coefficient (Wildman–Crippen LogP) is 3.43. The van der Waals surface area contributed by atoms with E-state index in [1.807, 2.05) is 0 Å². The zero-order chi connectivity index (χ0) is 14.6. The van der Waals surface area contributed by atoms with Gasteiger partial charge >= 0.3 is 0 Å². The Labute approximate surface area is 128 Å². The van der Waals surface area contributed by atoms with E-state index < -0.39 is 5.54 Å². The van der Waals surface area contributed by atoms with Crippen molar-refractivity contribution < 1.29 is 9.90 Å². The number of hydrogen-bond acceptors (Lipinski definition) is 2. The molecule has 3 nitrogen and oxygen atoms in total. The van der Waals surface area contributed by atoms with E-state index in [-0.39, 0.29) is 12.5 Å². The second-order valence-corrected chi connectivity index (χ2v) is 5.92. The highest BCUT2D eigenvalue weighted by Crippen LogP contribution is 2.29. The lowest BCUT2D eigenvalue weighted by molar-refractivity contribution is -0.118. The van der Waals surface area contributed by atoms with E-state index in [1.165, 1.54) is 6.08 Å². The van der Waals surface area contributed by atoms with Gasteiger partial charge in [-0.05, 0) is 31.1 Å². The third-order valence-electron chi connectivity index (χ3n) is 3.65. The number of aliphatic hydroxyl groups is 1. The minimum absolute atomic E-state index is 0.0283. The molecule has 1 fully saturated rings. The van der Waals surface area contributed by atoms with Crippen molar-refractivity contribution in [1.82, 2.24) is 5.32 Å². The van der Waals surface area contributed by atoms with Crippen LogP contribution in [0, 0.1) is 0 Å². The van der Waals surface area contributed by atoms with Crippen LogP contribution in [0.4, 0.5) is 0 Å². The van der Waals surface area contributed by atoms with Crippen molar-refractivity contribution in [2.75, 3.05) is 6.61 Å². The molecule has 1 aromatic rings. The lowest BCUT2D eigenvalue weighted by atomic mass is 9.99. The number of nitrogens with one attached hydrogen (secondary N) is 1. The SMILES string of the molecule is O=C(C=Cc1c(Cl)cccc1Cl)NC1(CO)CCCC1. The molecule has 1 saturated carbocycles. The topological polar surface area (TPSA) is 49.3 Å². The van der Waals surface area contributed by atoms with Gasteiger partial charge in [0.15, 0.2) is 0 Å². The number of rotatable bonds is 4. The fourth-order valence-corrected chi connectivity index (χ4v) is 3.03. The van der Waals surface area contributed by atoms with Gasteiger partial charge in [-0.2, -0.15) is 0 Å². The van der Waals surface area contributed by atoms with Crippen molar-refractivity contribution in [1.29, 1.82) is 0 Å². The molecule has 0 spiro atoms. The Balaban J connectivity index is 2.06. The number of benzene rings is 1. The third-order valence-corrected chi connectivity index (χ3v) is 4.31. The zero-order valence-corrected chi connectivity index (χ0v) is 12.5. The van der Waals surface area contributed by atoms with Crippen LogP contribution in [0.5, 0.6) is 0 Å². The molecule has 0 saturated heterocycles. The fraction of sp³-hybridized carbons (Fsp3) is 0.400.